The number of hydrogen-bond donors (Lipinski definition) is 1. The van der Waals surface area contributed by atoms with E-state index in [1.165, 1.54) is 5.56 Å². The zero-order valence-corrected chi connectivity index (χ0v) is 10.6. The van der Waals surface area contributed by atoms with E-state index in [1.54, 1.807) is 6.26 Å². The molecule has 92 valence electrons. The highest BCUT2D eigenvalue weighted by Crippen LogP contribution is 2.21. The smallest absolute Gasteiger partial charge is 0.124 e. The summed E-state index contributed by atoms with van der Waals surface area (Å²) >= 11 is 0. The average molecular weight is 233 g/mol. The van der Waals surface area contributed by atoms with Gasteiger partial charge >= 0.3 is 0 Å². The number of imidazole rings is 1. The van der Waals surface area contributed by atoms with Gasteiger partial charge in [0.05, 0.1) is 12.3 Å². The van der Waals surface area contributed by atoms with Crippen LogP contribution in [-0.2, 0) is 13.0 Å². The van der Waals surface area contributed by atoms with Crippen LogP contribution in [0.1, 0.15) is 30.1 Å². The van der Waals surface area contributed by atoms with E-state index in [9.17, 15) is 0 Å². The first kappa shape index (κ1) is 11.9. The molecule has 1 unspecified atom stereocenters. The fraction of sp³-hybridized carbons (Fsp3) is 0.462. The van der Waals surface area contributed by atoms with Crippen LogP contribution < -0.4 is 5.32 Å². The zero-order chi connectivity index (χ0) is 12.3. The molecule has 0 aromatic carbocycles. The van der Waals surface area contributed by atoms with E-state index in [4.69, 9.17) is 4.42 Å². The van der Waals surface area contributed by atoms with Crippen molar-refractivity contribution in [3.8, 4) is 0 Å². The van der Waals surface area contributed by atoms with Crippen molar-refractivity contribution >= 4 is 0 Å². The van der Waals surface area contributed by atoms with Gasteiger partial charge in [0.25, 0.3) is 0 Å². The van der Waals surface area contributed by atoms with Crippen LogP contribution in [0.15, 0.2) is 29.1 Å². The maximum Gasteiger partial charge on any atom is 0.124 e. The Balaban J connectivity index is 2.19. The van der Waals surface area contributed by atoms with Crippen molar-refractivity contribution in [1.29, 1.82) is 0 Å². The molecule has 4 nitrogen and oxygen atoms in total. The number of hydrogen-bond acceptors (Lipinski definition) is 3. The molecule has 2 aromatic rings. The fourth-order valence-corrected chi connectivity index (χ4v) is 2.07. The van der Waals surface area contributed by atoms with Crippen LogP contribution in [0.2, 0.25) is 0 Å². The Morgan fingerprint density at radius 1 is 1.53 bits per heavy atom. The Morgan fingerprint density at radius 2 is 2.35 bits per heavy atom. The standard InChI is InChI=1S/C13H19N3O/c1-4-16-7-6-15-12(16)9-11(14-3)13-10(2)5-8-17-13/h5-8,11,14H,4,9H2,1-3H3. The molecule has 0 saturated heterocycles. The van der Waals surface area contributed by atoms with Crippen molar-refractivity contribution in [2.75, 3.05) is 7.05 Å². The number of furan rings is 1. The molecule has 0 amide bonds. The third-order valence-corrected chi connectivity index (χ3v) is 3.10. The van der Waals surface area contributed by atoms with Gasteiger partial charge in [-0.05, 0) is 32.5 Å². The van der Waals surface area contributed by atoms with Crippen molar-refractivity contribution < 1.29 is 4.42 Å². The molecule has 2 aromatic heterocycles. The Labute approximate surface area is 102 Å². The van der Waals surface area contributed by atoms with Gasteiger partial charge in [0.15, 0.2) is 0 Å². The van der Waals surface area contributed by atoms with Gasteiger partial charge in [-0.15, -0.1) is 0 Å². The quantitative estimate of drug-likeness (QED) is 0.861. The highest BCUT2D eigenvalue weighted by molar-refractivity contribution is 5.19. The molecule has 0 aliphatic rings. The van der Waals surface area contributed by atoms with Crippen LogP contribution in [-0.4, -0.2) is 16.6 Å². The summed E-state index contributed by atoms with van der Waals surface area (Å²) < 4.78 is 7.70. The normalized spacial score (nSPS) is 12.9. The number of aryl methyl sites for hydroxylation is 2. The summed E-state index contributed by atoms with van der Waals surface area (Å²) in [5, 5.41) is 3.29. The molecule has 0 bridgehead atoms. The van der Waals surface area contributed by atoms with Gasteiger partial charge in [0.1, 0.15) is 11.6 Å². The van der Waals surface area contributed by atoms with Crippen LogP contribution in [0.4, 0.5) is 0 Å². The SMILES string of the molecule is CCn1ccnc1CC(NC)c1occc1C. The van der Waals surface area contributed by atoms with E-state index in [0.29, 0.717) is 0 Å². The molecule has 0 spiro atoms. The predicted octanol–water partition coefficient (Wildman–Crippen LogP) is 2.31. The van der Waals surface area contributed by atoms with E-state index < -0.39 is 0 Å². The zero-order valence-electron chi connectivity index (χ0n) is 10.6. The molecule has 1 N–H and O–H groups in total. The van der Waals surface area contributed by atoms with Gasteiger partial charge in [-0.25, -0.2) is 4.98 Å². The Kier molecular flexibility index (Phi) is 3.64. The molecular formula is C13H19N3O. The van der Waals surface area contributed by atoms with Crippen LogP contribution in [0, 0.1) is 6.92 Å². The fourth-order valence-electron chi connectivity index (χ4n) is 2.07. The summed E-state index contributed by atoms with van der Waals surface area (Å²) in [6, 6.07) is 2.17. The first-order valence-electron chi connectivity index (χ1n) is 5.97. The molecule has 0 fully saturated rings. The van der Waals surface area contributed by atoms with Crippen molar-refractivity contribution in [2.24, 2.45) is 0 Å². The van der Waals surface area contributed by atoms with Crippen LogP contribution in [0.3, 0.4) is 0 Å². The molecule has 2 heterocycles. The van der Waals surface area contributed by atoms with Crippen molar-refractivity contribution in [2.45, 2.75) is 32.9 Å². The third-order valence-electron chi connectivity index (χ3n) is 3.10. The second kappa shape index (κ2) is 5.19. The Hall–Kier alpha value is -1.55. The van der Waals surface area contributed by atoms with Gasteiger partial charge < -0.3 is 14.3 Å². The minimum Gasteiger partial charge on any atom is -0.467 e. The van der Waals surface area contributed by atoms with Crippen molar-refractivity contribution in [3.05, 3.63) is 41.9 Å². The lowest BCUT2D eigenvalue weighted by Gasteiger charge is -2.15. The maximum atomic E-state index is 5.54. The highest BCUT2D eigenvalue weighted by Gasteiger charge is 2.17. The van der Waals surface area contributed by atoms with Gasteiger partial charge in [-0.1, -0.05) is 0 Å². The first-order chi connectivity index (χ1) is 8.26. The summed E-state index contributed by atoms with van der Waals surface area (Å²) in [7, 11) is 1.95. The lowest BCUT2D eigenvalue weighted by molar-refractivity contribution is 0.418. The van der Waals surface area contributed by atoms with E-state index >= 15 is 0 Å². The van der Waals surface area contributed by atoms with Gasteiger partial charge in [0, 0.05) is 25.4 Å². The number of likely N-dealkylation sites (N-methyl/N-ethyl adjacent to an activating group) is 1. The number of rotatable bonds is 5. The molecule has 17 heavy (non-hydrogen) atoms. The van der Waals surface area contributed by atoms with Gasteiger partial charge in [-0.3, -0.25) is 0 Å². The van der Waals surface area contributed by atoms with Crippen LogP contribution in [0.5, 0.6) is 0 Å². The summed E-state index contributed by atoms with van der Waals surface area (Å²) in [6.45, 7) is 5.13. The number of nitrogens with one attached hydrogen (secondary N) is 1. The first-order valence-corrected chi connectivity index (χ1v) is 5.97. The van der Waals surface area contributed by atoms with E-state index in [0.717, 1.165) is 24.6 Å². The second-order valence-electron chi connectivity index (χ2n) is 4.14. The minimum absolute atomic E-state index is 0.178. The molecule has 0 radical (unpaired) electrons. The van der Waals surface area contributed by atoms with Crippen molar-refractivity contribution in [3.63, 3.8) is 0 Å². The lowest BCUT2D eigenvalue weighted by Crippen LogP contribution is -2.21. The molecule has 0 aliphatic carbocycles. The molecular weight excluding hydrogens is 214 g/mol. The Bertz CT molecular complexity index is 472. The summed E-state index contributed by atoms with van der Waals surface area (Å²) in [4.78, 5) is 4.40. The molecule has 0 saturated carbocycles. The average Bonchev–Trinajstić information content (AvgIpc) is 2.94. The minimum atomic E-state index is 0.178. The van der Waals surface area contributed by atoms with E-state index in [2.05, 4.69) is 28.7 Å². The number of nitrogens with zero attached hydrogens (tertiary/aromatic N) is 2. The molecule has 4 heteroatoms. The third kappa shape index (κ3) is 2.42. The second-order valence-corrected chi connectivity index (χ2v) is 4.14. The van der Waals surface area contributed by atoms with Crippen LogP contribution >= 0.6 is 0 Å². The summed E-state index contributed by atoms with van der Waals surface area (Å²) in [6.07, 6.45) is 6.44. The highest BCUT2D eigenvalue weighted by atomic mass is 16.3. The predicted molar refractivity (Wildman–Crippen MR) is 66.9 cm³/mol. The Morgan fingerprint density at radius 3 is 2.94 bits per heavy atom. The van der Waals surface area contributed by atoms with Crippen LogP contribution in [0.25, 0.3) is 0 Å². The molecule has 2 rings (SSSR count). The van der Waals surface area contributed by atoms with Gasteiger partial charge in [-0.2, -0.15) is 0 Å². The van der Waals surface area contributed by atoms with E-state index in [-0.39, 0.29) is 6.04 Å². The number of aromatic nitrogens is 2. The molecule has 0 aliphatic heterocycles. The topological polar surface area (TPSA) is 43.0 Å². The maximum absolute atomic E-state index is 5.54. The lowest BCUT2D eigenvalue weighted by atomic mass is 10.1. The summed E-state index contributed by atoms with van der Waals surface area (Å²) in [5.41, 5.74) is 1.18. The molecule has 1 atom stereocenters. The largest absolute Gasteiger partial charge is 0.467 e. The summed E-state index contributed by atoms with van der Waals surface area (Å²) in [5.74, 6) is 2.08. The van der Waals surface area contributed by atoms with Gasteiger partial charge in [0.2, 0.25) is 0 Å². The van der Waals surface area contributed by atoms with E-state index in [1.807, 2.05) is 25.5 Å². The monoisotopic (exact) mass is 233 g/mol. The van der Waals surface area contributed by atoms with Crippen molar-refractivity contribution in [1.82, 2.24) is 14.9 Å².